The van der Waals surface area contributed by atoms with Gasteiger partial charge in [0.1, 0.15) is 0 Å². The van der Waals surface area contributed by atoms with Gasteiger partial charge in [-0.2, -0.15) is 12.6 Å². The van der Waals surface area contributed by atoms with Crippen LogP contribution in [-0.4, -0.2) is 16.6 Å². The van der Waals surface area contributed by atoms with Crippen molar-refractivity contribution in [3.63, 3.8) is 0 Å². The Morgan fingerprint density at radius 3 is 2.00 bits per heavy atom. The van der Waals surface area contributed by atoms with E-state index in [4.69, 9.17) is 11.5 Å². The van der Waals surface area contributed by atoms with Crippen molar-refractivity contribution in [3.8, 4) is 0 Å². The highest BCUT2D eigenvalue weighted by Crippen LogP contribution is 2.16. The summed E-state index contributed by atoms with van der Waals surface area (Å²) in [7, 11) is 0. The zero-order valence-corrected chi connectivity index (χ0v) is 6.52. The SMILES string of the molecule is CC(S)(CC(N)=O)C(N)=O. The number of carbonyl (C=O) groups is 2. The molecule has 0 saturated carbocycles. The molecule has 0 spiro atoms. The summed E-state index contributed by atoms with van der Waals surface area (Å²) in [4.78, 5) is 20.8. The zero-order chi connectivity index (χ0) is 8.36. The topological polar surface area (TPSA) is 86.2 Å². The molecule has 2 amide bonds. The second-order valence-electron chi connectivity index (χ2n) is 2.28. The summed E-state index contributed by atoms with van der Waals surface area (Å²) < 4.78 is -1.12. The van der Waals surface area contributed by atoms with Gasteiger partial charge in [-0.05, 0) is 6.92 Å². The Balaban J connectivity index is 4.13. The van der Waals surface area contributed by atoms with Gasteiger partial charge < -0.3 is 11.5 Å². The lowest BCUT2D eigenvalue weighted by molar-refractivity contribution is -0.125. The van der Waals surface area contributed by atoms with Gasteiger partial charge in [-0.1, -0.05) is 0 Å². The third-order valence-corrected chi connectivity index (χ3v) is 1.43. The second kappa shape index (κ2) is 2.92. The molecular formula is C5H10N2O2S. The number of hydrogen-bond donors (Lipinski definition) is 3. The number of nitrogens with two attached hydrogens (primary N) is 2. The largest absolute Gasteiger partial charge is 0.370 e. The fourth-order valence-corrected chi connectivity index (χ4v) is 0.582. The number of thiol groups is 1. The van der Waals surface area contributed by atoms with Gasteiger partial charge in [0.2, 0.25) is 11.8 Å². The van der Waals surface area contributed by atoms with E-state index in [0.717, 1.165) is 0 Å². The molecule has 0 heterocycles. The highest BCUT2D eigenvalue weighted by molar-refractivity contribution is 7.82. The molecule has 1 atom stereocenters. The predicted molar refractivity (Wildman–Crippen MR) is 40.4 cm³/mol. The third-order valence-electron chi connectivity index (χ3n) is 1.05. The summed E-state index contributed by atoms with van der Waals surface area (Å²) in [6.45, 7) is 1.45. The summed E-state index contributed by atoms with van der Waals surface area (Å²) in [5.74, 6) is -1.23. The molecular weight excluding hydrogens is 152 g/mol. The van der Waals surface area contributed by atoms with Gasteiger partial charge in [-0.3, -0.25) is 9.59 Å². The van der Waals surface area contributed by atoms with E-state index in [1.165, 1.54) is 6.92 Å². The van der Waals surface area contributed by atoms with E-state index in [1.54, 1.807) is 0 Å². The van der Waals surface area contributed by atoms with E-state index < -0.39 is 16.6 Å². The Bertz CT molecular complexity index is 167. The summed E-state index contributed by atoms with van der Waals surface area (Å²) in [5, 5.41) is 0. The molecule has 0 aliphatic rings. The van der Waals surface area contributed by atoms with Gasteiger partial charge in [-0.15, -0.1) is 0 Å². The monoisotopic (exact) mass is 162 g/mol. The van der Waals surface area contributed by atoms with Crippen molar-refractivity contribution < 1.29 is 9.59 Å². The molecule has 0 aromatic heterocycles. The zero-order valence-electron chi connectivity index (χ0n) is 5.63. The van der Waals surface area contributed by atoms with Crippen LogP contribution in [0.5, 0.6) is 0 Å². The first-order valence-corrected chi connectivity index (χ1v) is 3.11. The third kappa shape index (κ3) is 2.72. The molecule has 0 bridgehead atoms. The maximum Gasteiger partial charge on any atom is 0.233 e. The van der Waals surface area contributed by atoms with Crippen molar-refractivity contribution in [1.82, 2.24) is 0 Å². The van der Waals surface area contributed by atoms with Crippen LogP contribution < -0.4 is 11.5 Å². The Morgan fingerprint density at radius 2 is 1.90 bits per heavy atom. The van der Waals surface area contributed by atoms with Crippen LogP contribution in [-0.2, 0) is 9.59 Å². The van der Waals surface area contributed by atoms with Crippen LogP contribution in [0, 0.1) is 0 Å². The lowest BCUT2D eigenvalue weighted by atomic mass is 10.1. The van der Waals surface area contributed by atoms with E-state index in [-0.39, 0.29) is 6.42 Å². The number of amides is 2. The van der Waals surface area contributed by atoms with E-state index in [1.807, 2.05) is 0 Å². The maximum absolute atomic E-state index is 10.5. The van der Waals surface area contributed by atoms with Crippen molar-refractivity contribution in [1.29, 1.82) is 0 Å². The molecule has 5 heteroatoms. The molecule has 58 valence electrons. The van der Waals surface area contributed by atoms with Gasteiger partial charge in [-0.25, -0.2) is 0 Å². The lowest BCUT2D eigenvalue weighted by Gasteiger charge is -2.16. The van der Waals surface area contributed by atoms with Gasteiger partial charge in [0, 0.05) is 6.42 Å². The average Bonchev–Trinajstić information content (AvgIpc) is 1.60. The van der Waals surface area contributed by atoms with Crippen molar-refractivity contribution in [2.24, 2.45) is 11.5 Å². The van der Waals surface area contributed by atoms with Crippen LogP contribution in [0.25, 0.3) is 0 Å². The molecule has 4 nitrogen and oxygen atoms in total. The standard InChI is InChI=1S/C5H10N2O2S/c1-5(10,4(7)9)2-3(6)8/h10H,2H2,1H3,(H2,6,8)(H2,7,9). The first-order valence-electron chi connectivity index (χ1n) is 2.67. The summed E-state index contributed by atoms with van der Waals surface area (Å²) in [5.41, 5.74) is 9.72. The molecule has 0 fully saturated rings. The summed E-state index contributed by atoms with van der Waals surface area (Å²) in [6.07, 6.45) is -0.133. The van der Waals surface area contributed by atoms with Crippen molar-refractivity contribution in [3.05, 3.63) is 0 Å². The lowest BCUT2D eigenvalue weighted by Crippen LogP contribution is -2.39. The number of primary amides is 2. The summed E-state index contributed by atoms with van der Waals surface area (Å²) in [6, 6.07) is 0. The second-order valence-corrected chi connectivity index (χ2v) is 3.27. The number of hydrogen-bond acceptors (Lipinski definition) is 3. The smallest absolute Gasteiger partial charge is 0.233 e. The molecule has 0 aliphatic carbocycles. The van der Waals surface area contributed by atoms with Crippen LogP contribution in [0.15, 0.2) is 0 Å². The van der Waals surface area contributed by atoms with E-state index >= 15 is 0 Å². The van der Waals surface area contributed by atoms with E-state index in [9.17, 15) is 9.59 Å². The first kappa shape index (κ1) is 9.29. The highest BCUT2D eigenvalue weighted by Gasteiger charge is 2.28. The minimum absolute atomic E-state index is 0.133. The Kier molecular flexibility index (Phi) is 2.71. The first-order chi connectivity index (χ1) is 4.36. The molecule has 0 saturated heterocycles. The maximum atomic E-state index is 10.5. The molecule has 10 heavy (non-hydrogen) atoms. The minimum atomic E-state index is -1.12. The van der Waals surface area contributed by atoms with E-state index in [0.29, 0.717) is 0 Å². The van der Waals surface area contributed by atoms with Gasteiger partial charge in [0.25, 0.3) is 0 Å². The number of rotatable bonds is 3. The van der Waals surface area contributed by atoms with Crippen LogP contribution in [0.2, 0.25) is 0 Å². The van der Waals surface area contributed by atoms with Gasteiger partial charge in [0.05, 0.1) is 4.75 Å². The predicted octanol–water partition coefficient (Wildman–Crippen LogP) is -0.964. The Morgan fingerprint density at radius 1 is 1.50 bits per heavy atom. The quantitative estimate of drug-likeness (QED) is 0.467. The van der Waals surface area contributed by atoms with Crippen LogP contribution >= 0.6 is 12.6 Å². The van der Waals surface area contributed by atoms with Crippen LogP contribution in [0.4, 0.5) is 0 Å². The van der Waals surface area contributed by atoms with Crippen LogP contribution in [0.1, 0.15) is 13.3 Å². The fraction of sp³-hybridized carbons (Fsp3) is 0.600. The van der Waals surface area contributed by atoms with Crippen molar-refractivity contribution in [2.45, 2.75) is 18.1 Å². The molecule has 0 aromatic rings. The highest BCUT2D eigenvalue weighted by atomic mass is 32.1. The normalized spacial score (nSPS) is 15.8. The van der Waals surface area contributed by atoms with Crippen LogP contribution in [0.3, 0.4) is 0 Å². The molecule has 0 aliphatic heterocycles. The van der Waals surface area contributed by atoms with Crippen molar-refractivity contribution in [2.75, 3.05) is 0 Å². The number of carbonyl (C=O) groups excluding carboxylic acids is 2. The minimum Gasteiger partial charge on any atom is -0.370 e. The molecule has 4 N–H and O–H groups in total. The molecule has 0 rings (SSSR count). The fourth-order valence-electron chi connectivity index (χ4n) is 0.426. The average molecular weight is 162 g/mol. The van der Waals surface area contributed by atoms with Crippen molar-refractivity contribution >= 4 is 24.4 Å². The molecule has 0 radical (unpaired) electrons. The van der Waals surface area contributed by atoms with Gasteiger partial charge in [0.15, 0.2) is 0 Å². The summed E-state index contributed by atoms with van der Waals surface area (Å²) >= 11 is 3.85. The van der Waals surface area contributed by atoms with Gasteiger partial charge >= 0.3 is 0 Å². The Labute approximate surface area is 64.4 Å². The molecule has 1 unspecified atom stereocenters. The molecule has 0 aromatic carbocycles. The Hall–Kier alpha value is -0.710. The van der Waals surface area contributed by atoms with E-state index in [2.05, 4.69) is 12.6 Å².